The fourth-order valence-electron chi connectivity index (χ4n) is 2.94. The number of aliphatic carboxylic acids is 1. The zero-order valence-corrected chi connectivity index (χ0v) is 13.1. The van der Waals surface area contributed by atoms with Crippen molar-refractivity contribution >= 4 is 5.97 Å². The second-order valence-electron chi connectivity index (χ2n) is 6.14. The number of rotatable bonds is 5. The maximum Gasteiger partial charge on any atom is 0.317 e. The van der Waals surface area contributed by atoms with Gasteiger partial charge in [0.1, 0.15) is 0 Å². The van der Waals surface area contributed by atoms with Gasteiger partial charge in [0.15, 0.2) is 0 Å². The standard InChI is InChI=1S/C17H26N2O2/c1-14-4-6-16(7-5-14)15(2)12-18-8-3-9-19(11-10-18)13-17(20)21/h4-7,15H,3,8-13H2,1-2H3,(H,20,21). The average Bonchev–Trinajstić information content (AvgIpc) is 2.64. The molecule has 1 unspecified atom stereocenters. The summed E-state index contributed by atoms with van der Waals surface area (Å²) in [7, 11) is 0. The number of hydrogen-bond donors (Lipinski definition) is 1. The Kier molecular flexibility index (Phi) is 5.76. The fourth-order valence-corrected chi connectivity index (χ4v) is 2.94. The number of carbonyl (C=O) groups is 1. The van der Waals surface area contributed by atoms with E-state index >= 15 is 0 Å². The van der Waals surface area contributed by atoms with Crippen molar-refractivity contribution in [3.63, 3.8) is 0 Å². The van der Waals surface area contributed by atoms with Crippen LogP contribution in [0.4, 0.5) is 0 Å². The molecule has 4 nitrogen and oxygen atoms in total. The van der Waals surface area contributed by atoms with Crippen LogP contribution < -0.4 is 0 Å². The molecule has 1 aromatic rings. The molecule has 2 rings (SSSR count). The first kappa shape index (κ1) is 16.0. The van der Waals surface area contributed by atoms with E-state index in [2.05, 4.69) is 43.0 Å². The molecule has 0 amide bonds. The summed E-state index contributed by atoms with van der Waals surface area (Å²) in [5.41, 5.74) is 2.68. The summed E-state index contributed by atoms with van der Waals surface area (Å²) in [4.78, 5) is 15.3. The van der Waals surface area contributed by atoms with Gasteiger partial charge in [0.2, 0.25) is 0 Å². The van der Waals surface area contributed by atoms with Crippen molar-refractivity contribution in [3.05, 3.63) is 35.4 Å². The molecule has 21 heavy (non-hydrogen) atoms. The van der Waals surface area contributed by atoms with Crippen molar-refractivity contribution in [1.29, 1.82) is 0 Å². The van der Waals surface area contributed by atoms with Gasteiger partial charge < -0.3 is 10.0 Å². The predicted octanol–water partition coefficient (Wildman–Crippen LogP) is 2.19. The predicted molar refractivity (Wildman–Crippen MR) is 84.7 cm³/mol. The molecule has 1 fully saturated rings. The van der Waals surface area contributed by atoms with E-state index in [1.54, 1.807) is 0 Å². The average molecular weight is 290 g/mol. The van der Waals surface area contributed by atoms with Crippen LogP contribution in [0.3, 0.4) is 0 Å². The van der Waals surface area contributed by atoms with Crippen molar-refractivity contribution in [1.82, 2.24) is 9.80 Å². The van der Waals surface area contributed by atoms with E-state index in [-0.39, 0.29) is 6.54 Å². The van der Waals surface area contributed by atoms with Gasteiger partial charge in [-0.1, -0.05) is 36.8 Å². The van der Waals surface area contributed by atoms with Crippen LogP contribution in [0.25, 0.3) is 0 Å². The smallest absolute Gasteiger partial charge is 0.317 e. The van der Waals surface area contributed by atoms with Crippen LogP contribution in [0.2, 0.25) is 0 Å². The first-order valence-electron chi connectivity index (χ1n) is 7.77. The second-order valence-corrected chi connectivity index (χ2v) is 6.14. The highest BCUT2D eigenvalue weighted by molar-refractivity contribution is 5.69. The molecule has 0 aromatic heterocycles. The lowest BCUT2D eigenvalue weighted by atomic mass is 9.99. The van der Waals surface area contributed by atoms with Crippen LogP contribution in [0.15, 0.2) is 24.3 Å². The van der Waals surface area contributed by atoms with Gasteiger partial charge in [-0.3, -0.25) is 9.69 Å². The van der Waals surface area contributed by atoms with Gasteiger partial charge in [-0.2, -0.15) is 0 Å². The lowest BCUT2D eigenvalue weighted by Crippen LogP contribution is -2.35. The number of carboxylic acid groups (broad SMARTS) is 1. The third kappa shape index (κ3) is 5.14. The topological polar surface area (TPSA) is 43.8 Å². The van der Waals surface area contributed by atoms with E-state index in [0.29, 0.717) is 5.92 Å². The zero-order chi connectivity index (χ0) is 15.2. The number of nitrogens with zero attached hydrogens (tertiary/aromatic N) is 2. The third-order valence-corrected chi connectivity index (χ3v) is 4.22. The van der Waals surface area contributed by atoms with Crippen LogP contribution in [0.1, 0.15) is 30.4 Å². The lowest BCUT2D eigenvalue weighted by Gasteiger charge is -2.24. The molecule has 0 saturated carbocycles. The fraction of sp³-hybridized carbons (Fsp3) is 0.588. The summed E-state index contributed by atoms with van der Waals surface area (Å²) in [5, 5.41) is 8.88. The van der Waals surface area contributed by atoms with E-state index in [9.17, 15) is 4.79 Å². The summed E-state index contributed by atoms with van der Waals surface area (Å²) in [6.07, 6.45) is 1.05. The summed E-state index contributed by atoms with van der Waals surface area (Å²) in [6, 6.07) is 8.77. The first-order valence-corrected chi connectivity index (χ1v) is 7.77. The maximum absolute atomic E-state index is 10.8. The van der Waals surface area contributed by atoms with Gasteiger partial charge in [0, 0.05) is 26.2 Å². The largest absolute Gasteiger partial charge is 0.480 e. The number of hydrogen-bond acceptors (Lipinski definition) is 3. The van der Waals surface area contributed by atoms with E-state index in [1.165, 1.54) is 11.1 Å². The Hall–Kier alpha value is -1.39. The Balaban J connectivity index is 1.85. The van der Waals surface area contributed by atoms with Gasteiger partial charge in [-0.15, -0.1) is 0 Å². The molecule has 4 heteroatoms. The SMILES string of the molecule is Cc1ccc(C(C)CN2CCCN(CC(=O)O)CC2)cc1. The monoisotopic (exact) mass is 290 g/mol. The quantitative estimate of drug-likeness (QED) is 0.903. The third-order valence-electron chi connectivity index (χ3n) is 4.22. The normalized spacial score (nSPS) is 19.1. The Morgan fingerprint density at radius 2 is 1.76 bits per heavy atom. The molecule has 1 saturated heterocycles. The minimum Gasteiger partial charge on any atom is -0.480 e. The van der Waals surface area contributed by atoms with Gasteiger partial charge in [-0.05, 0) is 31.4 Å². The van der Waals surface area contributed by atoms with Gasteiger partial charge in [-0.25, -0.2) is 0 Å². The Bertz CT molecular complexity index is 458. The molecule has 0 bridgehead atoms. The molecular formula is C17H26N2O2. The molecule has 0 aliphatic carbocycles. The van der Waals surface area contributed by atoms with Gasteiger partial charge in [0.05, 0.1) is 6.54 Å². The maximum atomic E-state index is 10.8. The highest BCUT2D eigenvalue weighted by Gasteiger charge is 2.18. The van der Waals surface area contributed by atoms with Gasteiger partial charge in [0.25, 0.3) is 0 Å². The number of benzene rings is 1. The zero-order valence-electron chi connectivity index (χ0n) is 13.1. The van der Waals surface area contributed by atoms with Crippen molar-refractivity contribution < 1.29 is 9.90 Å². The minimum absolute atomic E-state index is 0.168. The van der Waals surface area contributed by atoms with Crippen molar-refractivity contribution in [2.75, 3.05) is 39.3 Å². The molecule has 1 atom stereocenters. The molecule has 1 heterocycles. The molecule has 1 aliphatic rings. The van der Waals surface area contributed by atoms with E-state index in [1.807, 2.05) is 4.90 Å². The summed E-state index contributed by atoms with van der Waals surface area (Å²) in [6.45, 7) is 9.36. The molecule has 1 aromatic carbocycles. The van der Waals surface area contributed by atoms with E-state index < -0.39 is 5.97 Å². The van der Waals surface area contributed by atoms with Crippen molar-refractivity contribution in [2.45, 2.75) is 26.2 Å². The van der Waals surface area contributed by atoms with Crippen LogP contribution in [0.5, 0.6) is 0 Å². The van der Waals surface area contributed by atoms with E-state index in [4.69, 9.17) is 5.11 Å². The Labute approximate surface area is 127 Å². The number of carboxylic acids is 1. The first-order chi connectivity index (χ1) is 10.0. The van der Waals surface area contributed by atoms with Crippen LogP contribution in [0, 0.1) is 6.92 Å². The minimum atomic E-state index is -0.725. The summed E-state index contributed by atoms with van der Waals surface area (Å²) < 4.78 is 0. The van der Waals surface area contributed by atoms with Crippen molar-refractivity contribution in [2.24, 2.45) is 0 Å². The van der Waals surface area contributed by atoms with Crippen LogP contribution in [-0.2, 0) is 4.79 Å². The summed E-state index contributed by atoms with van der Waals surface area (Å²) >= 11 is 0. The highest BCUT2D eigenvalue weighted by atomic mass is 16.4. The van der Waals surface area contributed by atoms with Gasteiger partial charge >= 0.3 is 5.97 Å². The Morgan fingerprint density at radius 3 is 2.43 bits per heavy atom. The molecule has 1 aliphatic heterocycles. The Morgan fingerprint density at radius 1 is 1.14 bits per heavy atom. The molecule has 116 valence electrons. The second kappa shape index (κ2) is 7.57. The van der Waals surface area contributed by atoms with E-state index in [0.717, 1.165) is 39.1 Å². The highest BCUT2D eigenvalue weighted by Crippen LogP contribution is 2.18. The molecule has 0 spiro atoms. The summed E-state index contributed by atoms with van der Waals surface area (Å²) in [5.74, 6) is -0.215. The molecule has 0 radical (unpaired) electrons. The van der Waals surface area contributed by atoms with Crippen LogP contribution in [-0.4, -0.2) is 60.1 Å². The number of aryl methyl sites for hydroxylation is 1. The molecule has 1 N–H and O–H groups in total. The molecular weight excluding hydrogens is 264 g/mol. The van der Waals surface area contributed by atoms with Crippen molar-refractivity contribution in [3.8, 4) is 0 Å². The lowest BCUT2D eigenvalue weighted by molar-refractivity contribution is -0.138. The van der Waals surface area contributed by atoms with Crippen LogP contribution >= 0.6 is 0 Å².